The van der Waals surface area contributed by atoms with Crippen LogP contribution >= 0.6 is 0 Å². The first-order valence-electron chi connectivity index (χ1n) is 8.88. The third kappa shape index (κ3) is 6.14. The predicted molar refractivity (Wildman–Crippen MR) is 108 cm³/mol. The lowest BCUT2D eigenvalue weighted by Gasteiger charge is -2.18. The second-order valence-electron chi connectivity index (χ2n) is 6.44. The molecule has 0 fully saturated rings. The van der Waals surface area contributed by atoms with Crippen molar-refractivity contribution in [3.05, 3.63) is 65.7 Å². The molecule has 0 bridgehead atoms. The van der Waals surface area contributed by atoms with Crippen LogP contribution in [0.1, 0.15) is 30.5 Å². The molecule has 2 N–H and O–H groups in total. The summed E-state index contributed by atoms with van der Waals surface area (Å²) >= 11 is 0. The molecule has 0 saturated heterocycles. The third-order valence-electron chi connectivity index (χ3n) is 4.26. The maximum Gasteiger partial charge on any atom is 0.191 e. The molecule has 0 amide bonds. The van der Waals surface area contributed by atoms with E-state index in [0.29, 0.717) is 0 Å². The molecule has 134 valence electrons. The summed E-state index contributed by atoms with van der Waals surface area (Å²) < 4.78 is 0. The molecule has 0 aliphatic rings. The first-order chi connectivity index (χ1) is 12.1. The summed E-state index contributed by atoms with van der Waals surface area (Å²) in [7, 11) is 5.94. The van der Waals surface area contributed by atoms with Gasteiger partial charge in [-0.15, -0.1) is 0 Å². The molecule has 0 radical (unpaired) electrons. The fourth-order valence-electron chi connectivity index (χ4n) is 2.68. The van der Waals surface area contributed by atoms with Gasteiger partial charge in [0.2, 0.25) is 0 Å². The zero-order valence-electron chi connectivity index (χ0n) is 15.8. The number of aliphatic imine (C=N–C) groups is 1. The van der Waals surface area contributed by atoms with Gasteiger partial charge >= 0.3 is 0 Å². The Labute approximate surface area is 152 Å². The molecule has 2 rings (SSSR count). The van der Waals surface area contributed by atoms with Gasteiger partial charge in [0.25, 0.3) is 0 Å². The van der Waals surface area contributed by atoms with Crippen molar-refractivity contribution in [3.63, 3.8) is 0 Å². The summed E-state index contributed by atoms with van der Waals surface area (Å²) in [4.78, 5) is 6.44. The summed E-state index contributed by atoms with van der Waals surface area (Å²) in [6, 6.07) is 19.4. The van der Waals surface area contributed by atoms with Crippen LogP contribution in [0.3, 0.4) is 0 Å². The van der Waals surface area contributed by atoms with Crippen LogP contribution in [0.25, 0.3) is 0 Å². The van der Waals surface area contributed by atoms with E-state index in [2.05, 4.69) is 90.1 Å². The van der Waals surface area contributed by atoms with E-state index in [4.69, 9.17) is 0 Å². The van der Waals surface area contributed by atoms with Crippen molar-refractivity contribution in [1.29, 1.82) is 0 Å². The Morgan fingerprint density at radius 2 is 1.72 bits per heavy atom. The molecule has 2 aromatic carbocycles. The quantitative estimate of drug-likeness (QED) is 0.460. The smallest absolute Gasteiger partial charge is 0.191 e. The van der Waals surface area contributed by atoms with E-state index in [-0.39, 0.29) is 6.04 Å². The van der Waals surface area contributed by atoms with E-state index in [0.717, 1.165) is 25.3 Å². The van der Waals surface area contributed by atoms with E-state index in [1.165, 1.54) is 16.8 Å². The lowest BCUT2D eigenvalue weighted by atomic mass is 10.1. The first-order valence-corrected chi connectivity index (χ1v) is 8.88. The summed E-state index contributed by atoms with van der Waals surface area (Å²) in [6.07, 6.45) is 2.13. The largest absolute Gasteiger partial charge is 0.378 e. The maximum absolute atomic E-state index is 4.32. The molecule has 4 heteroatoms. The van der Waals surface area contributed by atoms with E-state index in [1.54, 1.807) is 0 Å². The Morgan fingerprint density at radius 1 is 1.04 bits per heavy atom. The second-order valence-corrected chi connectivity index (χ2v) is 6.44. The molecule has 0 heterocycles. The fourth-order valence-corrected chi connectivity index (χ4v) is 2.68. The summed E-state index contributed by atoms with van der Waals surface area (Å²) in [5.41, 5.74) is 3.86. The van der Waals surface area contributed by atoms with Crippen molar-refractivity contribution in [3.8, 4) is 0 Å². The molecule has 0 saturated carbocycles. The van der Waals surface area contributed by atoms with Gasteiger partial charge in [0.15, 0.2) is 5.96 Å². The van der Waals surface area contributed by atoms with Crippen molar-refractivity contribution < 1.29 is 0 Å². The van der Waals surface area contributed by atoms with Crippen LogP contribution in [0.15, 0.2) is 59.6 Å². The van der Waals surface area contributed by atoms with Gasteiger partial charge in [-0.2, -0.15) is 0 Å². The van der Waals surface area contributed by atoms with Gasteiger partial charge in [-0.25, -0.2) is 0 Å². The highest BCUT2D eigenvalue weighted by molar-refractivity contribution is 5.80. The Bertz CT molecular complexity index is 647. The average molecular weight is 338 g/mol. The number of rotatable bonds is 7. The number of guanidine groups is 1. The van der Waals surface area contributed by atoms with Gasteiger partial charge in [0.1, 0.15) is 0 Å². The Balaban J connectivity index is 1.74. The normalized spacial score (nSPS) is 12.6. The molecular formula is C21H30N4. The molecule has 1 unspecified atom stereocenters. The number of hydrogen-bond acceptors (Lipinski definition) is 2. The molecule has 0 aliphatic heterocycles. The number of nitrogens with one attached hydrogen (secondary N) is 2. The van der Waals surface area contributed by atoms with Gasteiger partial charge in [0, 0.05) is 33.4 Å². The Morgan fingerprint density at radius 3 is 2.32 bits per heavy atom. The van der Waals surface area contributed by atoms with Gasteiger partial charge < -0.3 is 15.5 Å². The van der Waals surface area contributed by atoms with Gasteiger partial charge in [0.05, 0.1) is 6.04 Å². The number of aryl methyl sites for hydroxylation is 1. The van der Waals surface area contributed by atoms with E-state index < -0.39 is 0 Å². The molecule has 2 aromatic rings. The second kappa shape index (κ2) is 9.72. The van der Waals surface area contributed by atoms with Crippen LogP contribution in [-0.2, 0) is 6.42 Å². The summed E-state index contributed by atoms with van der Waals surface area (Å²) in [5.74, 6) is 0.847. The molecule has 4 nitrogen and oxygen atoms in total. The topological polar surface area (TPSA) is 39.7 Å². The standard InChI is InChI=1S/C21H30N4/c1-17(19-10-6-5-7-11-19)24-21(22-2)23-16-8-9-18-12-14-20(15-13-18)25(3)4/h5-7,10-15,17H,8-9,16H2,1-4H3,(H2,22,23,24). The van der Waals surface area contributed by atoms with Crippen LogP contribution in [0, 0.1) is 0 Å². The van der Waals surface area contributed by atoms with Crippen molar-refractivity contribution in [2.75, 3.05) is 32.6 Å². The zero-order valence-corrected chi connectivity index (χ0v) is 15.8. The van der Waals surface area contributed by atoms with Crippen LogP contribution in [-0.4, -0.2) is 33.6 Å². The molecule has 25 heavy (non-hydrogen) atoms. The van der Waals surface area contributed by atoms with Gasteiger partial charge in [-0.3, -0.25) is 4.99 Å². The lowest BCUT2D eigenvalue weighted by Crippen LogP contribution is -2.39. The average Bonchev–Trinajstić information content (AvgIpc) is 2.65. The van der Waals surface area contributed by atoms with Crippen LogP contribution in [0.5, 0.6) is 0 Å². The lowest BCUT2D eigenvalue weighted by molar-refractivity contribution is 0.674. The monoisotopic (exact) mass is 338 g/mol. The highest BCUT2D eigenvalue weighted by Gasteiger charge is 2.06. The van der Waals surface area contributed by atoms with Gasteiger partial charge in [-0.05, 0) is 43.0 Å². The SMILES string of the molecule is CN=C(NCCCc1ccc(N(C)C)cc1)NC(C)c1ccccc1. The molecule has 0 spiro atoms. The predicted octanol–water partition coefficient (Wildman–Crippen LogP) is 3.61. The van der Waals surface area contributed by atoms with Crippen LogP contribution in [0.4, 0.5) is 5.69 Å². The third-order valence-corrected chi connectivity index (χ3v) is 4.26. The highest BCUT2D eigenvalue weighted by Crippen LogP contribution is 2.13. The number of anilines is 1. The molecule has 0 aliphatic carbocycles. The van der Waals surface area contributed by atoms with Crippen molar-refractivity contribution >= 4 is 11.6 Å². The molecular weight excluding hydrogens is 308 g/mol. The van der Waals surface area contributed by atoms with Crippen molar-refractivity contribution in [2.45, 2.75) is 25.8 Å². The fraction of sp³-hybridized carbons (Fsp3) is 0.381. The minimum Gasteiger partial charge on any atom is -0.378 e. The van der Waals surface area contributed by atoms with Crippen LogP contribution in [0.2, 0.25) is 0 Å². The number of benzene rings is 2. The zero-order chi connectivity index (χ0) is 18.1. The maximum atomic E-state index is 4.32. The first kappa shape index (κ1) is 18.8. The van der Waals surface area contributed by atoms with Gasteiger partial charge in [-0.1, -0.05) is 42.5 Å². The minimum atomic E-state index is 0.228. The van der Waals surface area contributed by atoms with E-state index >= 15 is 0 Å². The van der Waals surface area contributed by atoms with Crippen LogP contribution < -0.4 is 15.5 Å². The molecule has 1 atom stereocenters. The number of nitrogens with zero attached hydrogens (tertiary/aromatic N) is 2. The van der Waals surface area contributed by atoms with Crippen molar-refractivity contribution in [2.24, 2.45) is 4.99 Å². The summed E-state index contributed by atoms with van der Waals surface area (Å²) in [6.45, 7) is 3.05. The Kier molecular flexibility index (Phi) is 7.33. The minimum absolute atomic E-state index is 0.228. The number of hydrogen-bond donors (Lipinski definition) is 2. The molecule has 0 aromatic heterocycles. The Hall–Kier alpha value is -2.49. The highest BCUT2D eigenvalue weighted by atomic mass is 15.2. The van der Waals surface area contributed by atoms with Crippen molar-refractivity contribution in [1.82, 2.24) is 10.6 Å². The summed E-state index contributed by atoms with van der Waals surface area (Å²) in [5, 5.41) is 6.84. The van der Waals surface area contributed by atoms with E-state index in [1.807, 2.05) is 13.1 Å². The van der Waals surface area contributed by atoms with E-state index in [9.17, 15) is 0 Å².